The molecule has 0 bridgehead atoms. The second-order valence-corrected chi connectivity index (χ2v) is 7.96. The maximum atomic E-state index is 13.3. The summed E-state index contributed by atoms with van der Waals surface area (Å²) < 4.78 is 15.9. The van der Waals surface area contributed by atoms with Crippen molar-refractivity contribution in [1.82, 2.24) is 15.0 Å². The number of carbonyl (C=O) groups excluding carboxylic acids is 2. The SMILES string of the molecule is C=C1Nc2cc(OC)c(OC)cc2C(=O)c2nn(C(CC(=O)OC(C)C)C(C)C)nc21. The quantitative estimate of drug-likeness (QED) is 0.669. The first kappa shape index (κ1) is 22.3. The Morgan fingerprint density at radius 1 is 1.10 bits per heavy atom. The fourth-order valence-corrected chi connectivity index (χ4v) is 3.41. The number of nitrogens with zero attached hydrogens (tertiary/aromatic N) is 3. The molecule has 9 nitrogen and oxygen atoms in total. The van der Waals surface area contributed by atoms with E-state index in [0.29, 0.717) is 34.1 Å². The first-order valence-electron chi connectivity index (χ1n) is 10.1. The topological polar surface area (TPSA) is 105 Å². The molecule has 0 aliphatic carbocycles. The summed E-state index contributed by atoms with van der Waals surface area (Å²) in [6, 6.07) is 2.91. The third kappa shape index (κ3) is 4.40. The van der Waals surface area contributed by atoms with Crippen LogP contribution in [0.25, 0.3) is 5.70 Å². The summed E-state index contributed by atoms with van der Waals surface area (Å²) in [5.41, 5.74) is 1.81. The van der Waals surface area contributed by atoms with E-state index in [1.165, 1.54) is 19.0 Å². The van der Waals surface area contributed by atoms with Crippen LogP contribution in [0.15, 0.2) is 18.7 Å². The Bertz CT molecular complexity index is 1030. The van der Waals surface area contributed by atoms with Gasteiger partial charge in [0.05, 0.1) is 49.7 Å². The molecule has 166 valence electrons. The summed E-state index contributed by atoms with van der Waals surface area (Å²) in [7, 11) is 3.03. The summed E-state index contributed by atoms with van der Waals surface area (Å²) in [6.07, 6.45) is -0.115. The molecule has 31 heavy (non-hydrogen) atoms. The molecule has 1 atom stereocenters. The number of hydrogen-bond acceptors (Lipinski definition) is 8. The zero-order valence-corrected chi connectivity index (χ0v) is 18.7. The lowest BCUT2D eigenvalue weighted by molar-refractivity contribution is -0.148. The Morgan fingerprint density at radius 2 is 1.71 bits per heavy atom. The number of carbonyl (C=O) groups is 2. The Hall–Kier alpha value is -3.36. The van der Waals surface area contributed by atoms with E-state index in [9.17, 15) is 9.59 Å². The Balaban J connectivity index is 2.02. The van der Waals surface area contributed by atoms with Gasteiger partial charge >= 0.3 is 5.97 Å². The van der Waals surface area contributed by atoms with Gasteiger partial charge in [-0.15, -0.1) is 5.10 Å². The molecule has 2 aromatic rings. The van der Waals surface area contributed by atoms with Crippen molar-refractivity contribution in [3.63, 3.8) is 0 Å². The number of fused-ring (bicyclic) bond motifs is 2. The molecule has 0 radical (unpaired) electrons. The highest BCUT2D eigenvalue weighted by molar-refractivity contribution is 6.16. The smallest absolute Gasteiger partial charge is 0.308 e. The van der Waals surface area contributed by atoms with Crippen LogP contribution in [0.5, 0.6) is 11.5 Å². The van der Waals surface area contributed by atoms with Crippen molar-refractivity contribution in [2.24, 2.45) is 5.92 Å². The van der Waals surface area contributed by atoms with Crippen LogP contribution in [0, 0.1) is 5.92 Å². The predicted octanol–water partition coefficient (Wildman–Crippen LogP) is 3.46. The molecule has 1 N–H and O–H groups in total. The third-order valence-corrected chi connectivity index (χ3v) is 4.99. The van der Waals surface area contributed by atoms with Crippen LogP contribution < -0.4 is 14.8 Å². The predicted molar refractivity (Wildman–Crippen MR) is 115 cm³/mol. The molecule has 0 saturated heterocycles. The minimum absolute atomic E-state index is 0.0312. The molecule has 2 heterocycles. The highest BCUT2D eigenvalue weighted by atomic mass is 16.5. The maximum absolute atomic E-state index is 13.3. The van der Waals surface area contributed by atoms with Crippen LogP contribution in [0.3, 0.4) is 0 Å². The van der Waals surface area contributed by atoms with Crippen LogP contribution in [0.1, 0.15) is 61.9 Å². The molecule has 0 amide bonds. The first-order valence-corrected chi connectivity index (χ1v) is 10.1. The van der Waals surface area contributed by atoms with Gasteiger partial charge in [-0.05, 0) is 25.8 Å². The van der Waals surface area contributed by atoms with E-state index in [-0.39, 0.29) is 41.9 Å². The lowest BCUT2D eigenvalue weighted by Crippen LogP contribution is -2.24. The molecule has 1 aromatic carbocycles. The normalized spacial score (nSPS) is 13.9. The lowest BCUT2D eigenvalue weighted by Gasteiger charge is -2.20. The second-order valence-electron chi connectivity index (χ2n) is 7.96. The van der Waals surface area contributed by atoms with Gasteiger partial charge in [-0.3, -0.25) is 9.59 Å². The Morgan fingerprint density at radius 3 is 2.29 bits per heavy atom. The molecule has 1 aliphatic heterocycles. The Labute approximate surface area is 181 Å². The van der Waals surface area contributed by atoms with Crippen molar-refractivity contribution in [3.05, 3.63) is 35.7 Å². The number of hydrogen-bond donors (Lipinski definition) is 1. The number of ether oxygens (including phenoxy) is 3. The van der Waals surface area contributed by atoms with E-state index in [0.717, 1.165) is 0 Å². The minimum Gasteiger partial charge on any atom is -0.493 e. The van der Waals surface area contributed by atoms with E-state index in [2.05, 4.69) is 22.1 Å². The van der Waals surface area contributed by atoms with Crippen LogP contribution in [-0.2, 0) is 9.53 Å². The van der Waals surface area contributed by atoms with Gasteiger partial charge in [0.1, 0.15) is 5.69 Å². The zero-order chi connectivity index (χ0) is 22.9. The van der Waals surface area contributed by atoms with Gasteiger partial charge in [0, 0.05) is 6.07 Å². The number of methoxy groups -OCH3 is 2. The highest BCUT2D eigenvalue weighted by Crippen LogP contribution is 2.38. The molecule has 1 aromatic heterocycles. The zero-order valence-electron chi connectivity index (χ0n) is 18.7. The van der Waals surface area contributed by atoms with Crippen LogP contribution in [0.4, 0.5) is 5.69 Å². The molecule has 9 heteroatoms. The van der Waals surface area contributed by atoms with Crippen molar-refractivity contribution in [1.29, 1.82) is 0 Å². The van der Waals surface area contributed by atoms with Gasteiger partial charge in [-0.1, -0.05) is 20.4 Å². The van der Waals surface area contributed by atoms with Gasteiger partial charge in [-0.2, -0.15) is 9.90 Å². The third-order valence-electron chi connectivity index (χ3n) is 4.99. The monoisotopic (exact) mass is 428 g/mol. The molecular weight excluding hydrogens is 400 g/mol. The van der Waals surface area contributed by atoms with Gasteiger partial charge in [0.15, 0.2) is 17.2 Å². The number of rotatable bonds is 7. The number of aromatic nitrogens is 3. The number of benzene rings is 1. The summed E-state index contributed by atoms with van der Waals surface area (Å²) in [5.74, 6) is 0.274. The van der Waals surface area contributed by atoms with E-state index in [4.69, 9.17) is 14.2 Å². The molecule has 1 aliphatic rings. The van der Waals surface area contributed by atoms with E-state index < -0.39 is 0 Å². The molecule has 0 saturated carbocycles. The molecular formula is C22H28N4O5. The van der Waals surface area contributed by atoms with E-state index >= 15 is 0 Å². The van der Waals surface area contributed by atoms with Crippen molar-refractivity contribution in [2.45, 2.75) is 46.3 Å². The summed E-state index contributed by atoms with van der Waals surface area (Å²) in [5, 5.41) is 12.1. The summed E-state index contributed by atoms with van der Waals surface area (Å²) in [4.78, 5) is 27.0. The Kier molecular flexibility index (Phi) is 6.33. The minimum atomic E-state index is -0.372. The summed E-state index contributed by atoms with van der Waals surface area (Å²) >= 11 is 0. The van der Waals surface area contributed by atoms with Gasteiger partial charge < -0.3 is 19.5 Å². The van der Waals surface area contributed by atoms with Crippen LogP contribution >= 0.6 is 0 Å². The molecule has 0 spiro atoms. The van der Waals surface area contributed by atoms with E-state index in [1.807, 2.05) is 13.8 Å². The number of ketones is 1. The van der Waals surface area contributed by atoms with Crippen LogP contribution in [0.2, 0.25) is 0 Å². The number of anilines is 1. The lowest BCUT2D eigenvalue weighted by atomic mass is 10.0. The van der Waals surface area contributed by atoms with Gasteiger partial charge in [0.25, 0.3) is 0 Å². The van der Waals surface area contributed by atoms with Crippen molar-refractivity contribution >= 4 is 23.1 Å². The average Bonchev–Trinajstić information content (AvgIpc) is 3.12. The standard InChI is InChI=1S/C22H28N4O5/c1-11(2)16(10-19(27)31-12(3)4)26-24-20-13(5)23-15-9-18(30-7)17(29-6)8-14(15)22(28)21(20)25-26/h8-9,11-12,16,23H,5,10H2,1-4,6-7H3. The fraction of sp³-hybridized carbons (Fsp3) is 0.455. The highest BCUT2D eigenvalue weighted by Gasteiger charge is 2.32. The van der Waals surface area contributed by atoms with Gasteiger partial charge in [-0.25, -0.2) is 0 Å². The number of nitrogens with one attached hydrogen (secondary N) is 1. The van der Waals surface area contributed by atoms with Crippen molar-refractivity contribution < 1.29 is 23.8 Å². The molecule has 3 rings (SSSR count). The van der Waals surface area contributed by atoms with Gasteiger partial charge in [0.2, 0.25) is 5.78 Å². The van der Waals surface area contributed by atoms with Crippen molar-refractivity contribution in [2.75, 3.05) is 19.5 Å². The fourth-order valence-electron chi connectivity index (χ4n) is 3.41. The largest absolute Gasteiger partial charge is 0.493 e. The molecule has 0 fully saturated rings. The summed E-state index contributed by atoms with van der Waals surface area (Å²) in [6.45, 7) is 11.5. The molecule has 1 unspecified atom stereocenters. The van der Waals surface area contributed by atoms with Crippen LogP contribution in [-0.4, -0.2) is 47.1 Å². The van der Waals surface area contributed by atoms with Crippen molar-refractivity contribution in [3.8, 4) is 11.5 Å². The number of esters is 1. The average molecular weight is 428 g/mol. The maximum Gasteiger partial charge on any atom is 0.308 e. The first-order chi connectivity index (χ1) is 14.7. The van der Waals surface area contributed by atoms with E-state index in [1.54, 1.807) is 26.0 Å². The second kappa shape index (κ2) is 8.79.